The maximum atomic E-state index is 10.3. The molecule has 0 spiro atoms. The van der Waals surface area contributed by atoms with Gasteiger partial charge >= 0.3 is 57.4 Å². The molecular weight excluding hydrogens is 159 g/mol. The number of rotatable bonds is 3. The third-order valence-corrected chi connectivity index (χ3v) is 1.32. The van der Waals surface area contributed by atoms with Gasteiger partial charge in [0.25, 0.3) is 0 Å². The molecule has 0 aliphatic rings. The van der Waals surface area contributed by atoms with Crippen molar-refractivity contribution < 1.29 is 15.0 Å². The fourth-order valence-corrected chi connectivity index (χ4v) is 0.386. The molecule has 0 aromatic carbocycles. The van der Waals surface area contributed by atoms with Gasteiger partial charge < -0.3 is 10.2 Å². The van der Waals surface area contributed by atoms with Crippen LogP contribution in [0.1, 0.15) is 20.3 Å². The fourth-order valence-electron chi connectivity index (χ4n) is 0.386. The third kappa shape index (κ3) is 4.82. The quantitative estimate of drug-likeness (QED) is 0.581. The molecule has 4 heteroatoms. The molecule has 0 aromatic rings. The summed E-state index contributed by atoms with van der Waals surface area (Å²) in [5.41, 5.74) is -0.783. The minimum atomic E-state index is -0.864. The van der Waals surface area contributed by atoms with E-state index in [0.29, 0.717) is 6.42 Å². The Morgan fingerprint density at radius 1 is 1.50 bits per heavy atom. The summed E-state index contributed by atoms with van der Waals surface area (Å²) in [5.74, 6) is -0.864. The van der Waals surface area contributed by atoms with Crippen LogP contribution in [0.2, 0.25) is 0 Å². The molecule has 0 rings (SSSR count). The number of carbonyl (C=O) groups is 1. The molecule has 0 fully saturated rings. The van der Waals surface area contributed by atoms with Crippen LogP contribution in [0.5, 0.6) is 0 Å². The second-order valence-corrected chi connectivity index (χ2v) is 2.66. The average molecular weight is 172 g/mol. The van der Waals surface area contributed by atoms with Crippen molar-refractivity contribution in [3.63, 3.8) is 0 Å². The zero-order chi connectivity index (χ0) is 7.49. The first-order chi connectivity index (χ1) is 4.00. The summed E-state index contributed by atoms with van der Waals surface area (Å²) in [6.07, 6.45) is 0.308. The second kappa shape index (κ2) is 5.68. The number of aliphatic hydroxyl groups excluding tert-OH is 1. The summed E-state index contributed by atoms with van der Waals surface area (Å²) in [5, 5.41) is 16.8. The van der Waals surface area contributed by atoms with Crippen molar-refractivity contribution in [3.05, 3.63) is 0 Å². The zero-order valence-corrected chi connectivity index (χ0v) is 5.72. The van der Waals surface area contributed by atoms with Gasteiger partial charge in [-0.25, -0.2) is 0 Å². The third-order valence-electron chi connectivity index (χ3n) is 1.32. The zero-order valence-electron chi connectivity index (χ0n) is 5.72. The Labute approximate surface area is 103 Å². The molecule has 0 saturated carbocycles. The van der Waals surface area contributed by atoms with Gasteiger partial charge in [-0.05, 0) is 20.3 Å². The van der Waals surface area contributed by atoms with E-state index in [1.54, 1.807) is 13.8 Å². The van der Waals surface area contributed by atoms with Crippen molar-refractivity contribution in [2.45, 2.75) is 20.3 Å². The van der Waals surface area contributed by atoms with Gasteiger partial charge in [-0.1, -0.05) is 0 Å². The van der Waals surface area contributed by atoms with Crippen LogP contribution in [0.15, 0.2) is 0 Å². The van der Waals surface area contributed by atoms with Gasteiger partial charge in [0.15, 0.2) is 0 Å². The predicted octanol–water partition coefficient (Wildman–Crippen LogP) is -0.169. The molecule has 0 aliphatic heterocycles. The fraction of sp³-hybridized carbons (Fsp3) is 0.833. The van der Waals surface area contributed by atoms with Crippen molar-refractivity contribution in [2.24, 2.45) is 5.41 Å². The van der Waals surface area contributed by atoms with Crippen LogP contribution < -0.4 is 0 Å². The average Bonchev–Trinajstić information content (AvgIpc) is 1.65. The van der Waals surface area contributed by atoms with Crippen LogP contribution in [-0.4, -0.2) is 74.2 Å². The standard InChI is InChI=1S/C6H12O3.K.H/c1-6(2,3-4-7)5(8)9;;/h7H,3-4H2,1-2H3,(H,8,9);;. The van der Waals surface area contributed by atoms with Gasteiger partial charge in [-0.2, -0.15) is 0 Å². The van der Waals surface area contributed by atoms with E-state index in [0.717, 1.165) is 0 Å². The summed E-state index contributed by atoms with van der Waals surface area (Å²) in [6, 6.07) is 0. The first kappa shape index (κ1) is 13.6. The molecule has 0 unspecified atom stereocenters. The van der Waals surface area contributed by atoms with Gasteiger partial charge in [0.05, 0.1) is 5.41 Å². The first-order valence-corrected chi connectivity index (χ1v) is 2.85. The van der Waals surface area contributed by atoms with E-state index in [4.69, 9.17) is 10.2 Å². The Balaban J connectivity index is 0. The van der Waals surface area contributed by atoms with Gasteiger partial charge in [0.1, 0.15) is 0 Å². The molecule has 0 radical (unpaired) electrons. The second-order valence-electron chi connectivity index (χ2n) is 2.66. The number of hydrogen-bond donors (Lipinski definition) is 2. The van der Waals surface area contributed by atoms with E-state index in [1.807, 2.05) is 0 Å². The van der Waals surface area contributed by atoms with Crippen molar-refractivity contribution in [1.82, 2.24) is 0 Å². The Morgan fingerprint density at radius 2 is 1.90 bits per heavy atom. The Morgan fingerprint density at radius 3 is 2.00 bits per heavy atom. The maximum absolute atomic E-state index is 10.3. The number of carboxylic acids is 1. The number of carboxylic acid groups (broad SMARTS) is 1. The van der Waals surface area contributed by atoms with Gasteiger partial charge in [0, 0.05) is 6.61 Å². The normalized spacial score (nSPS) is 10.3. The summed E-state index contributed by atoms with van der Waals surface area (Å²) < 4.78 is 0. The number of hydrogen-bond acceptors (Lipinski definition) is 2. The van der Waals surface area contributed by atoms with Crippen molar-refractivity contribution in [2.75, 3.05) is 6.61 Å². The molecule has 0 aromatic heterocycles. The van der Waals surface area contributed by atoms with E-state index in [1.165, 1.54) is 0 Å². The van der Waals surface area contributed by atoms with Gasteiger partial charge in [-0.15, -0.1) is 0 Å². The van der Waals surface area contributed by atoms with Crippen LogP contribution in [0.4, 0.5) is 0 Å². The molecular formula is C6H13KO3. The monoisotopic (exact) mass is 172 g/mol. The van der Waals surface area contributed by atoms with E-state index in [9.17, 15) is 4.79 Å². The Kier molecular flexibility index (Phi) is 7.75. The van der Waals surface area contributed by atoms with Gasteiger partial charge in [-0.3, -0.25) is 4.79 Å². The van der Waals surface area contributed by atoms with E-state index < -0.39 is 11.4 Å². The minimum absolute atomic E-state index is 0. The molecule has 0 heterocycles. The summed E-state index contributed by atoms with van der Waals surface area (Å²) in [4.78, 5) is 10.3. The first-order valence-electron chi connectivity index (χ1n) is 2.85. The topological polar surface area (TPSA) is 57.5 Å². The molecule has 0 amide bonds. The van der Waals surface area contributed by atoms with Crippen LogP contribution in [-0.2, 0) is 4.79 Å². The predicted molar refractivity (Wildman–Crippen MR) is 40.3 cm³/mol. The molecule has 10 heavy (non-hydrogen) atoms. The molecule has 2 N–H and O–H groups in total. The van der Waals surface area contributed by atoms with Crippen LogP contribution in [0.25, 0.3) is 0 Å². The number of aliphatic carboxylic acids is 1. The van der Waals surface area contributed by atoms with Crippen LogP contribution in [0.3, 0.4) is 0 Å². The van der Waals surface area contributed by atoms with Crippen molar-refractivity contribution in [1.29, 1.82) is 0 Å². The van der Waals surface area contributed by atoms with Gasteiger partial charge in [0.2, 0.25) is 0 Å². The van der Waals surface area contributed by atoms with Crippen molar-refractivity contribution in [3.8, 4) is 0 Å². The molecule has 56 valence electrons. The SMILES string of the molecule is CC(C)(CCO)C(=O)O.[KH]. The summed E-state index contributed by atoms with van der Waals surface area (Å²) in [7, 11) is 0. The van der Waals surface area contributed by atoms with Crippen molar-refractivity contribution >= 4 is 57.4 Å². The van der Waals surface area contributed by atoms with E-state index >= 15 is 0 Å². The Bertz CT molecular complexity index is 112. The molecule has 0 saturated heterocycles. The molecule has 0 atom stereocenters. The molecule has 3 nitrogen and oxygen atoms in total. The summed E-state index contributed by atoms with van der Waals surface area (Å²) in [6.45, 7) is 3.11. The van der Waals surface area contributed by atoms with E-state index in [-0.39, 0.29) is 58.0 Å². The van der Waals surface area contributed by atoms with Crippen LogP contribution in [0, 0.1) is 5.41 Å². The summed E-state index contributed by atoms with van der Waals surface area (Å²) >= 11 is 0. The molecule has 0 aliphatic carbocycles. The Hall–Kier alpha value is 1.07. The van der Waals surface area contributed by atoms with E-state index in [2.05, 4.69) is 0 Å². The molecule has 0 bridgehead atoms. The number of aliphatic hydroxyl groups is 1. The van der Waals surface area contributed by atoms with Crippen LogP contribution >= 0.6 is 0 Å².